The third-order valence-corrected chi connectivity index (χ3v) is 4.05. The number of carbonyl (C=O) groups is 2. The van der Waals surface area contributed by atoms with Gasteiger partial charge in [-0.3, -0.25) is 14.6 Å². The van der Waals surface area contributed by atoms with E-state index < -0.39 is 29.0 Å². The molecule has 0 heterocycles. The minimum atomic E-state index is -1.02. The van der Waals surface area contributed by atoms with Crippen molar-refractivity contribution in [2.24, 2.45) is 4.99 Å². The first-order valence-electron chi connectivity index (χ1n) is 8.71. The number of hydrogen-bond acceptors (Lipinski definition) is 4. The van der Waals surface area contributed by atoms with Gasteiger partial charge >= 0.3 is 0 Å². The van der Waals surface area contributed by atoms with Crippen molar-refractivity contribution in [1.82, 2.24) is 10.6 Å². The SMILES string of the molecule is C/C=C(NC(=O)c1c(F)cccc1F)\C(=N/C)C(=O)NCc1ccccc1OC. The molecule has 2 rings (SSSR count). The fourth-order valence-electron chi connectivity index (χ4n) is 2.62. The molecule has 2 aromatic carbocycles. The van der Waals surface area contributed by atoms with Gasteiger partial charge in [-0.05, 0) is 25.1 Å². The molecule has 0 saturated heterocycles. The Hall–Kier alpha value is -3.55. The Bertz CT molecular complexity index is 951. The highest BCUT2D eigenvalue weighted by atomic mass is 19.1. The summed E-state index contributed by atoms with van der Waals surface area (Å²) >= 11 is 0. The van der Waals surface area contributed by atoms with E-state index in [-0.39, 0.29) is 18.0 Å². The Kier molecular flexibility index (Phi) is 7.59. The molecule has 2 aromatic rings. The Morgan fingerprint density at radius 2 is 1.76 bits per heavy atom. The third kappa shape index (κ3) is 5.25. The summed E-state index contributed by atoms with van der Waals surface area (Å²) in [6, 6.07) is 10.3. The zero-order valence-corrected chi connectivity index (χ0v) is 16.3. The lowest BCUT2D eigenvalue weighted by Gasteiger charge is -2.14. The molecule has 0 aliphatic rings. The second-order valence-electron chi connectivity index (χ2n) is 5.82. The van der Waals surface area contributed by atoms with Crippen LogP contribution in [0.25, 0.3) is 0 Å². The van der Waals surface area contributed by atoms with Crippen molar-refractivity contribution in [3.8, 4) is 5.75 Å². The summed E-state index contributed by atoms with van der Waals surface area (Å²) in [7, 11) is 2.90. The highest BCUT2D eigenvalue weighted by Crippen LogP contribution is 2.17. The monoisotopic (exact) mass is 401 g/mol. The van der Waals surface area contributed by atoms with Crippen molar-refractivity contribution in [1.29, 1.82) is 0 Å². The number of amides is 2. The van der Waals surface area contributed by atoms with E-state index in [1.165, 1.54) is 20.2 Å². The molecule has 0 radical (unpaired) electrons. The molecule has 0 spiro atoms. The zero-order valence-electron chi connectivity index (χ0n) is 16.3. The predicted molar refractivity (Wildman–Crippen MR) is 106 cm³/mol. The van der Waals surface area contributed by atoms with E-state index in [1.54, 1.807) is 31.2 Å². The van der Waals surface area contributed by atoms with Crippen LogP contribution in [-0.4, -0.2) is 31.7 Å². The first kappa shape index (κ1) is 21.7. The van der Waals surface area contributed by atoms with Gasteiger partial charge < -0.3 is 15.4 Å². The molecule has 2 amide bonds. The molecule has 29 heavy (non-hydrogen) atoms. The van der Waals surface area contributed by atoms with Gasteiger partial charge in [-0.2, -0.15) is 0 Å². The molecule has 2 N–H and O–H groups in total. The van der Waals surface area contributed by atoms with Crippen LogP contribution in [0.1, 0.15) is 22.8 Å². The number of carbonyl (C=O) groups excluding carboxylic acids is 2. The molecular weight excluding hydrogens is 380 g/mol. The summed E-state index contributed by atoms with van der Waals surface area (Å²) in [5.41, 5.74) is -0.0554. The van der Waals surface area contributed by atoms with Gasteiger partial charge in [0.25, 0.3) is 11.8 Å². The lowest BCUT2D eigenvalue weighted by atomic mass is 10.1. The Balaban J connectivity index is 2.14. The van der Waals surface area contributed by atoms with Crippen LogP contribution in [0.2, 0.25) is 0 Å². The fourth-order valence-corrected chi connectivity index (χ4v) is 2.62. The second-order valence-corrected chi connectivity index (χ2v) is 5.82. The average Bonchev–Trinajstić information content (AvgIpc) is 2.72. The van der Waals surface area contributed by atoms with Crippen molar-refractivity contribution in [2.75, 3.05) is 14.2 Å². The fraction of sp³-hybridized carbons (Fsp3) is 0.190. The number of nitrogens with one attached hydrogen (secondary N) is 2. The summed E-state index contributed by atoms with van der Waals surface area (Å²) in [4.78, 5) is 28.8. The Morgan fingerprint density at radius 1 is 1.10 bits per heavy atom. The van der Waals surface area contributed by atoms with Gasteiger partial charge in [0, 0.05) is 19.2 Å². The maximum absolute atomic E-state index is 13.8. The summed E-state index contributed by atoms with van der Waals surface area (Å²) in [5, 5.41) is 5.03. The first-order valence-corrected chi connectivity index (χ1v) is 8.71. The van der Waals surface area contributed by atoms with Crippen molar-refractivity contribution < 1.29 is 23.1 Å². The van der Waals surface area contributed by atoms with Crippen molar-refractivity contribution in [3.05, 3.63) is 77.0 Å². The summed E-state index contributed by atoms with van der Waals surface area (Å²) in [6.45, 7) is 1.72. The van der Waals surface area contributed by atoms with Gasteiger partial charge in [-0.15, -0.1) is 0 Å². The summed E-state index contributed by atoms with van der Waals surface area (Å²) in [6.07, 6.45) is 1.42. The molecule has 6 nitrogen and oxygen atoms in total. The van der Waals surface area contributed by atoms with E-state index in [1.807, 2.05) is 0 Å². The predicted octanol–water partition coefficient (Wildman–Crippen LogP) is 2.99. The van der Waals surface area contributed by atoms with Gasteiger partial charge in [-0.1, -0.05) is 30.3 Å². The number of hydrogen-bond donors (Lipinski definition) is 2. The maximum atomic E-state index is 13.8. The molecule has 0 aliphatic carbocycles. The van der Waals surface area contributed by atoms with Crippen LogP contribution in [0.4, 0.5) is 8.78 Å². The number of benzene rings is 2. The van der Waals surface area contributed by atoms with E-state index in [0.717, 1.165) is 23.8 Å². The van der Waals surface area contributed by atoms with Gasteiger partial charge in [0.05, 0.1) is 12.8 Å². The van der Waals surface area contributed by atoms with Crippen LogP contribution in [0.5, 0.6) is 5.75 Å². The molecule has 0 atom stereocenters. The largest absolute Gasteiger partial charge is 0.496 e. The Morgan fingerprint density at radius 3 is 2.34 bits per heavy atom. The molecule has 0 unspecified atom stereocenters. The topological polar surface area (TPSA) is 79.8 Å². The number of nitrogens with zero attached hydrogens (tertiary/aromatic N) is 1. The van der Waals surface area contributed by atoms with E-state index in [2.05, 4.69) is 15.6 Å². The van der Waals surface area contributed by atoms with Crippen LogP contribution in [0.3, 0.4) is 0 Å². The minimum absolute atomic E-state index is 0.0256. The lowest BCUT2D eigenvalue weighted by molar-refractivity contribution is -0.114. The van der Waals surface area contributed by atoms with Gasteiger partial charge in [0.1, 0.15) is 28.7 Å². The number of methoxy groups -OCH3 is 1. The molecular formula is C21H21F2N3O3. The van der Waals surface area contributed by atoms with Gasteiger partial charge in [0.2, 0.25) is 0 Å². The molecule has 0 aromatic heterocycles. The maximum Gasteiger partial charge on any atom is 0.271 e. The number of para-hydroxylation sites is 1. The molecule has 152 valence electrons. The number of allylic oxidation sites excluding steroid dienone is 1. The third-order valence-electron chi connectivity index (χ3n) is 4.05. The lowest BCUT2D eigenvalue weighted by Crippen LogP contribution is -2.38. The Labute approximate surface area is 167 Å². The van der Waals surface area contributed by atoms with E-state index in [9.17, 15) is 18.4 Å². The van der Waals surface area contributed by atoms with Crippen LogP contribution in [0.15, 0.2) is 59.2 Å². The van der Waals surface area contributed by atoms with E-state index in [4.69, 9.17) is 4.74 Å². The number of ether oxygens (including phenoxy) is 1. The van der Waals surface area contributed by atoms with Crippen LogP contribution >= 0.6 is 0 Å². The smallest absolute Gasteiger partial charge is 0.271 e. The molecule has 0 fully saturated rings. The average molecular weight is 401 g/mol. The van der Waals surface area contributed by atoms with E-state index in [0.29, 0.717) is 5.75 Å². The second kappa shape index (κ2) is 10.1. The molecule has 0 saturated carbocycles. The molecule has 8 heteroatoms. The quantitative estimate of drug-likeness (QED) is 0.700. The normalized spacial score (nSPS) is 11.8. The summed E-state index contributed by atoms with van der Waals surface area (Å²) in [5.74, 6) is -2.99. The van der Waals surface area contributed by atoms with Crippen molar-refractivity contribution in [3.63, 3.8) is 0 Å². The highest BCUT2D eigenvalue weighted by molar-refractivity contribution is 6.45. The standard InChI is InChI=1S/C21H21F2N3O3/c1-4-16(26-20(27)18-14(22)9-7-10-15(18)23)19(24-2)21(28)25-12-13-8-5-6-11-17(13)29-3/h4-11H,12H2,1-3H3,(H,25,28)(H,26,27)/b16-4+,24-19+. The highest BCUT2D eigenvalue weighted by Gasteiger charge is 2.22. The van der Waals surface area contributed by atoms with Gasteiger partial charge in [-0.25, -0.2) is 8.78 Å². The summed E-state index contributed by atoms with van der Waals surface area (Å²) < 4.78 is 32.9. The number of rotatable bonds is 7. The number of halogens is 2. The number of aliphatic imine (C=N–C) groups is 1. The van der Waals surface area contributed by atoms with Crippen molar-refractivity contribution >= 4 is 17.5 Å². The first-order chi connectivity index (χ1) is 13.9. The molecule has 0 bridgehead atoms. The van der Waals surface area contributed by atoms with Crippen molar-refractivity contribution in [2.45, 2.75) is 13.5 Å². The van der Waals surface area contributed by atoms with E-state index >= 15 is 0 Å². The zero-order chi connectivity index (χ0) is 21.4. The minimum Gasteiger partial charge on any atom is -0.496 e. The van der Waals surface area contributed by atoms with Crippen LogP contribution in [0, 0.1) is 11.6 Å². The van der Waals surface area contributed by atoms with Gasteiger partial charge in [0.15, 0.2) is 0 Å². The van der Waals surface area contributed by atoms with Crippen LogP contribution in [-0.2, 0) is 11.3 Å². The van der Waals surface area contributed by atoms with Crippen LogP contribution < -0.4 is 15.4 Å². The molecule has 0 aliphatic heterocycles.